The van der Waals surface area contributed by atoms with Crippen LogP contribution in [0, 0.1) is 17.0 Å². The third-order valence-corrected chi connectivity index (χ3v) is 2.08. The lowest BCUT2D eigenvalue weighted by Crippen LogP contribution is -2.27. The molecular weight excluding hydrogens is 210 g/mol. The molecule has 2 amide bonds. The van der Waals surface area contributed by atoms with Gasteiger partial charge in [0.1, 0.15) is 0 Å². The summed E-state index contributed by atoms with van der Waals surface area (Å²) in [5.74, 6) is 0. The Kier molecular flexibility index (Phi) is 3.44. The average molecular weight is 223 g/mol. The molecule has 0 saturated heterocycles. The second kappa shape index (κ2) is 4.61. The van der Waals surface area contributed by atoms with E-state index in [1.807, 2.05) is 0 Å². The summed E-state index contributed by atoms with van der Waals surface area (Å²) in [7, 11) is 3.20. The Morgan fingerprint density at radius 3 is 2.56 bits per heavy atom. The molecule has 1 N–H and O–H groups in total. The number of amides is 2. The number of anilines is 1. The van der Waals surface area contributed by atoms with Crippen molar-refractivity contribution in [1.29, 1.82) is 0 Å². The van der Waals surface area contributed by atoms with Gasteiger partial charge in [-0.15, -0.1) is 0 Å². The minimum atomic E-state index is -0.495. The van der Waals surface area contributed by atoms with Crippen molar-refractivity contribution < 1.29 is 9.72 Å². The molecule has 0 bridgehead atoms. The van der Waals surface area contributed by atoms with E-state index in [2.05, 4.69) is 5.32 Å². The number of nitrogens with one attached hydrogen (secondary N) is 1. The zero-order valence-corrected chi connectivity index (χ0v) is 9.35. The fourth-order valence-corrected chi connectivity index (χ4v) is 1.09. The van der Waals surface area contributed by atoms with Crippen molar-refractivity contribution in [2.24, 2.45) is 0 Å². The number of carbonyl (C=O) groups excluding carboxylic acids is 1. The SMILES string of the molecule is Cc1ccc([N+](=O)[O-])cc1NC(=O)N(C)C. The van der Waals surface area contributed by atoms with Crippen molar-refractivity contribution in [3.05, 3.63) is 33.9 Å². The third-order valence-electron chi connectivity index (χ3n) is 2.08. The van der Waals surface area contributed by atoms with Crippen molar-refractivity contribution in [3.63, 3.8) is 0 Å². The van der Waals surface area contributed by atoms with Crippen LogP contribution in [-0.2, 0) is 0 Å². The minimum absolute atomic E-state index is 0.0420. The molecule has 0 aliphatic carbocycles. The van der Waals surface area contributed by atoms with Gasteiger partial charge in [0.2, 0.25) is 0 Å². The van der Waals surface area contributed by atoms with Crippen molar-refractivity contribution in [1.82, 2.24) is 4.90 Å². The number of urea groups is 1. The van der Waals surface area contributed by atoms with Crippen LogP contribution in [0.2, 0.25) is 0 Å². The number of non-ortho nitro benzene ring substituents is 1. The molecule has 6 heteroatoms. The van der Waals surface area contributed by atoms with Crippen molar-refractivity contribution in [2.45, 2.75) is 6.92 Å². The summed E-state index contributed by atoms with van der Waals surface area (Å²) in [6, 6.07) is 4.03. The quantitative estimate of drug-likeness (QED) is 0.615. The van der Waals surface area contributed by atoms with Crippen LogP contribution in [0.5, 0.6) is 0 Å². The van der Waals surface area contributed by atoms with Crippen LogP contribution in [0.3, 0.4) is 0 Å². The smallest absolute Gasteiger partial charge is 0.321 e. The maximum atomic E-state index is 11.4. The van der Waals surface area contributed by atoms with Crippen molar-refractivity contribution >= 4 is 17.4 Å². The number of nitro groups is 1. The summed E-state index contributed by atoms with van der Waals surface area (Å²) in [4.78, 5) is 22.8. The van der Waals surface area contributed by atoms with E-state index in [4.69, 9.17) is 0 Å². The maximum absolute atomic E-state index is 11.4. The fourth-order valence-electron chi connectivity index (χ4n) is 1.09. The number of rotatable bonds is 2. The van der Waals surface area contributed by atoms with Crippen LogP contribution in [0.15, 0.2) is 18.2 Å². The van der Waals surface area contributed by atoms with E-state index < -0.39 is 4.92 Å². The van der Waals surface area contributed by atoms with Crippen molar-refractivity contribution in [3.8, 4) is 0 Å². The van der Waals surface area contributed by atoms with Gasteiger partial charge in [-0.05, 0) is 12.5 Å². The van der Waals surface area contributed by atoms with E-state index >= 15 is 0 Å². The molecule has 1 aromatic rings. The lowest BCUT2D eigenvalue weighted by atomic mass is 10.2. The van der Waals surface area contributed by atoms with E-state index in [0.717, 1.165) is 5.56 Å². The highest BCUT2D eigenvalue weighted by Gasteiger charge is 2.11. The monoisotopic (exact) mass is 223 g/mol. The normalized spacial score (nSPS) is 9.69. The van der Waals surface area contributed by atoms with Gasteiger partial charge in [0, 0.05) is 26.2 Å². The summed E-state index contributed by atoms with van der Waals surface area (Å²) >= 11 is 0. The molecule has 0 radical (unpaired) electrons. The molecular formula is C10H13N3O3. The summed E-state index contributed by atoms with van der Waals surface area (Å²) in [5, 5.41) is 13.2. The molecule has 0 fully saturated rings. The first-order chi connectivity index (χ1) is 7.41. The lowest BCUT2D eigenvalue weighted by molar-refractivity contribution is -0.384. The molecule has 0 saturated carbocycles. The highest BCUT2D eigenvalue weighted by molar-refractivity contribution is 5.90. The molecule has 16 heavy (non-hydrogen) atoms. The topological polar surface area (TPSA) is 75.5 Å². The zero-order chi connectivity index (χ0) is 12.3. The molecule has 0 aliphatic heterocycles. The van der Waals surface area contributed by atoms with E-state index in [-0.39, 0.29) is 11.7 Å². The van der Waals surface area contributed by atoms with Gasteiger partial charge in [-0.1, -0.05) is 6.07 Å². The van der Waals surface area contributed by atoms with Crippen LogP contribution in [0.1, 0.15) is 5.56 Å². The summed E-state index contributed by atoms with van der Waals surface area (Å²) in [5.41, 5.74) is 1.19. The molecule has 0 atom stereocenters. The Morgan fingerprint density at radius 1 is 1.44 bits per heavy atom. The van der Waals surface area contributed by atoms with Crippen LogP contribution in [0.25, 0.3) is 0 Å². The van der Waals surface area contributed by atoms with Gasteiger partial charge >= 0.3 is 6.03 Å². The molecule has 1 rings (SSSR count). The molecule has 0 aromatic heterocycles. The number of benzene rings is 1. The summed E-state index contributed by atoms with van der Waals surface area (Å²) < 4.78 is 0. The number of nitro benzene ring substituents is 1. The highest BCUT2D eigenvalue weighted by atomic mass is 16.6. The number of hydrogen-bond donors (Lipinski definition) is 1. The van der Waals surface area contributed by atoms with Gasteiger partial charge in [-0.2, -0.15) is 0 Å². The van der Waals surface area contributed by atoms with E-state index in [1.165, 1.54) is 17.0 Å². The average Bonchev–Trinajstić information content (AvgIpc) is 2.20. The number of aryl methyl sites for hydroxylation is 1. The Morgan fingerprint density at radius 2 is 2.06 bits per heavy atom. The molecule has 0 heterocycles. The molecule has 86 valence electrons. The Hall–Kier alpha value is -2.11. The van der Waals surface area contributed by atoms with Gasteiger partial charge < -0.3 is 10.2 Å². The lowest BCUT2D eigenvalue weighted by Gasteiger charge is -2.13. The number of nitrogens with zero attached hydrogens (tertiary/aromatic N) is 2. The standard InChI is InChI=1S/C10H13N3O3/c1-7-4-5-8(13(15)16)6-9(7)11-10(14)12(2)3/h4-6H,1-3H3,(H,11,14). The summed E-state index contributed by atoms with van der Waals surface area (Å²) in [6.45, 7) is 1.77. The number of carbonyl (C=O) groups is 1. The maximum Gasteiger partial charge on any atom is 0.321 e. The number of hydrogen-bond acceptors (Lipinski definition) is 3. The Labute approximate surface area is 93.0 Å². The molecule has 6 nitrogen and oxygen atoms in total. The van der Waals surface area contributed by atoms with Crippen LogP contribution < -0.4 is 5.32 Å². The van der Waals surface area contributed by atoms with Crippen molar-refractivity contribution in [2.75, 3.05) is 19.4 Å². The molecule has 0 aliphatic rings. The minimum Gasteiger partial charge on any atom is -0.331 e. The van der Waals surface area contributed by atoms with Gasteiger partial charge in [0.15, 0.2) is 0 Å². The van der Waals surface area contributed by atoms with Crippen LogP contribution >= 0.6 is 0 Å². The first-order valence-electron chi connectivity index (χ1n) is 4.65. The third kappa shape index (κ3) is 2.69. The van der Waals surface area contributed by atoms with E-state index in [9.17, 15) is 14.9 Å². The predicted molar refractivity (Wildman–Crippen MR) is 60.5 cm³/mol. The van der Waals surface area contributed by atoms with Crippen LogP contribution in [-0.4, -0.2) is 29.9 Å². The summed E-state index contributed by atoms with van der Waals surface area (Å²) in [6.07, 6.45) is 0. The first-order valence-corrected chi connectivity index (χ1v) is 4.65. The Balaban J connectivity index is 2.99. The fraction of sp³-hybridized carbons (Fsp3) is 0.300. The molecule has 0 spiro atoms. The molecule has 0 unspecified atom stereocenters. The van der Waals surface area contributed by atoms with E-state index in [0.29, 0.717) is 5.69 Å². The zero-order valence-electron chi connectivity index (χ0n) is 9.35. The largest absolute Gasteiger partial charge is 0.331 e. The van der Waals surface area contributed by atoms with Gasteiger partial charge in [0.05, 0.1) is 10.6 Å². The second-order valence-corrected chi connectivity index (χ2v) is 3.58. The first kappa shape index (κ1) is 12.0. The van der Waals surface area contributed by atoms with E-state index in [1.54, 1.807) is 27.1 Å². The van der Waals surface area contributed by atoms with Gasteiger partial charge in [-0.25, -0.2) is 4.79 Å². The molecule has 1 aromatic carbocycles. The Bertz CT molecular complexity index is 429. The van der Waals surface area contributed by atoms with Gasteiger partial charge in [0.25, 0.3) is 5.69 Å². The second-order valence-electron chi connectivity index (χ2n) is 3.58. The van der Waals surface area contributed by atoms with Crippen LogP contribution in [0.4, 0.5) is 16.2 Å². The highest BCUT2D eigenvalue weighted by Crippen LogP contribution is 2.21. The predicted octanol–water partition coefficient (Wildman–Crippen LogP) is 2.00. The van der Waals surface area contributed by atoms with Gasteiger partial charge in [-0.3, -0.25) is 10.1 Å².